The van der Waals surface area contributed by atoms with E-state index in [9.17, 15) is 9.59 Å². The van der Waals surface area contributed by atoms with Crippen LogP contribution in [0.2, 0.25) is 0 Å². The molecule has 106 valence electrons. The fraction of sp³-hybridized carbons (Fsp3) is 0.176. The second-order valence-electron chi connectivity index (χ2n) is 5.30. The number of rotatable bonds is 2. The van der Waals surface area contributed by atoms with E-state index in [4.69, 9.17) is 0 Å². The Bertz CT molecular complexity index is 750. The van der Waals surface area contributed by atoms with Gasteiger partial charge in [-0.05, 0) is 48.7 Å². The van der Waals surface area contributed by atoms with Crippen LogP contribution in [0.4, 0.5) is 11.4 Å². The molecule has 0 unspecified atom stereocenters. The maximum atomic E-state index is 12.3. The van der Waals surface area contributed by atoms with E-state index < -0.39 is 0 Å². The van der Waals surface area contributed by atoms with Crippen molar-refractivity contribution < 1.29 is 9.59 Å². The van der Waals surface area contributed by atoms with Gasteiger partial charge < -0.3 is 10.6 Å². The van der Waals surface area contributed by atoms with Gasteiger partial charge in [0, 0.05) is 16.9 Å². The van der Waals surface area contributed by atoms with Gasteiger partial charge in [-0.1, -0.05) is 18.2 Å². The highest BCUT2D eigenvalue weighted by molar-refractivity contribution is 6.07. The topological polar surface area (TPSA) is 58.2 Å². The molecule has 2 aromatic rings. The van der Waals surface area contributed by atoms with Crippen molar-refractivity contribution in [3.63, 3.8) is 0 Å². The van der Waals surface area contributed by atoms with Gasteiger partial charge in [-0.15, -0.1) is 0 Å². The van der Waals surface area contributed by atoms with E-state index in [0.29, 0.717) is 12.0 Å². The molecule has 0 aromatic heterocycles. The number of nitrogens with one attached hydrogen (secondary N) is 2. The minimum Gasteiger partial charge on any atom is -0.326 e. The average Bonchev–Trinajstić information content (AvgIpc) is 2.82. The Morgan fingerprint density at radius 2 is 2.00 bits per heavy atom. The van der Waals surface area contributed by atoms with Crippen LogP contribution in [-0.2, 0) is 11.2 Å². The zero-order valence-corrected chi connectivity index (χ0v) is 12.0. The third kappa shape index (κ3) is 2.52. The lowest BCUT2D eigenvalue weighted by Gasteiger charge is -2.11. The Hall–Kier alpha value is -2.62. The average molecular weight is 280 g/mol. The van der Waals surface area contributed by atoms with Gasteiger partial charge in [0.2, 0.25) is 5.91 Å². The normalized spacial score (nSPS) is 12.8. The van der Waals surface area contributed by atoms with Crippen molar-refractivity contribution in [1.29, 1.82) is 0 Å². The van der Waals surface area contributed by atoms with Gasteiger partial charge in [-0.3, -0.25) is 9.59 Å². The van der Waals surface area contributed by atoms with Crippen LogP contribution < -0.4 is 10.6 Å². The predicted octanol–water partition coefficient (Wildman–Crippen LogP) is 3.05. The first-order valence-electron chi connectivity index (χ1n) is 6.85. The molecule has 2 N–H and O–H groups in total. The summed E-state index contributed by atoms with van der Waals surface area (Å²) >= 11 is 0. The highest BCUT2D eigenvalue weighted by atomic mass is 16.2. The number of amides is 2. The quantitative estimate of drug-likeness (QED) is 0.888. The number of hydrogen-bond donors (Lipinski definition) is 2. The number of carbonyl (C=O) groups excluding carboxylic acids is 2. The smallest absolute Gasteiger partial charge is 0.255 e. The summed E-state index contributed by atoms with van der Waals surface area (Å²) in [5, 5.41) is 5.68. The van der Waals surface area contributed by atoms with Gasteiger partial charge in [0.15, 0.2) is 0 Å². The first-order chi connectivity index (χ1) is 10.0. The van der Waals surface area contributed by atoms with Gasteiger partial charge in [-0.2, -0.15) is 0 Å². The summed E-state index contributed by atoms with van der Waals surface area (Å²) in [5.74, 6) is -0.204. The zero-order valence-electron chi connectivity index (χ0n) is 12.0. The maximum Gasteiger partial charge on any atom is 0.255 e. The molecule has 4 heteroatoms. The molecule has 21 heavy (non-hydrogen) atoms. The Morgan fingerprint density at radius 3 is 2.81 bits per heavy atom. The van der Waals surface area contributed by atoms with Crippen molar-refractivity contribution in [3.8, 4) is 0 Å². The predicted molar refractivity (Wildman–Crippen MR) is 82.6 cm³/mol. The van der Waals surface area contributed by atoms with Crippen molar-refractivity contribution >= 4 is 23.2 Å². The van der Waals surface area contributed by atoms with Crippen LogP contribution >= 0.6 is 0 Å². The molecule has 0 bridgehead atoms. The summed E-state index contributed by atoms with van der Waals surface area (Å²) in [5.41, 5.74) is 5.20. The van der Waals surface area contributed by atoms with E-state index >= 15 is 0 Å². The van der Waals surface area contributed by atoms with Crippen LogP contribution in [-0.4, -0.2) is 11.8 Å². The molecule has 1 aliphatic rings. The molecular formula is C17H16N2O2. The molecular weight excluding hydrogens is 264 g/mol. The summed E-state index contributed by atoms with van der Waals surface area (Å²) in [6, 6.07) is 11.1. The fourth-order valence-electron chi connectivity index (χ4n) is 2.44. The molecule has 1 aliphatic heterocycles. The summed E-state index contributed by atoms with van der Waals surface area (Å²) in [6.45, 7) is 3.99. The number of aryl methyl sites for hydroxylation is 1. The number of carbonyl (C=O) groups is 2. The second-order valence-corrected chi connectivity index (χ2v) is 5.30. The summed E-state index contributed by atoms with van der Waals surface area (Å²) in [7, 11) is 0. The molecule has 0 atom stereocenters. The van der Waals surface area contributed by atoms with E-state index in [1.807, 2.05) is 38.1 Å². The van der Waals surface area contributed by atoms with Crippen molar-refractivity contribution in [2.75, 3.05) is 10.6 Å². The van der Waals surface area contributed by atoms with Crippen molar-refractivity contribution in [2.24, 2.45) is 0 Å². The fourth-order valence-corrected chi connectivity index (χ4v) is 2.44. The van der Waals surface area contributed by atoms with E-state index in [1.54, 1.807) is 12.1 Å². The summed E-state index contributed by atoms with van der Waals surface area (Å²) in [4.78, 5) is 23.7. The van der Waals surface area contributed by atoms with Crippen LogP contribution in [0, 0.1) is 13.8 Å². The van der Waals surface area contributed by atoms with Gasteiger partial charge in [0.25, 0.3) is 5.91 Å². The van der Waals surface area contributed by atoms with Crippen LogP contribution in [0.5, 0.6) is 0 Å². The number of anilines is 2. The number of hydrogen-bond acceptors (Lipinski definition) is 2. The standard InChI is InChI=1S/C17H16N2O2/c1-10-4-3-5-14(11(10)2)19-17(21)13-7-6-12-9-16(20)18-15(12)8-13/h3-8H,9H2,1-2H3,(H,18,20)(H,19,21). The monoisotopic (exact) mass is 280 g/mol. The molecule has 0 fully saturated rings. The lowest BCUT2D eigenvalue weighted by atomic mass is 10.1. The molecule has 2 aromatic carbocycles. The van der Waals surface area contributed by atoms with E-state index in [1.165, 1.54) is 0 Å². The first kappa shape index (κ1) is 13.4. The highest BCUT2D eigenvalue weighted by Crippen LogP contribution is 2.25. The van der Waals surface area contributed by atoms with Crippen molar-refractivity contribution in [1.82, 2.24) is 0 Å². The van der Waals surface area contributed by atoms with Gasteiger partial charge in [-0.25, -0.2) is 0 Å². The third-order valence-electron chi connectivity index (χ3n) is 3.85. The lowest BCUT2D eigenvalue weighted by molar-refractivity contribution is -0.115. The Kier molecular flexibility index (Phi) is 3.22. The molecule has 2 amide bonds. The minimum atomic E-state index is -0.173. The lowest BCUT2D eigenvalue weighted by Crippen LogP contribution is -2.13. The Morgan fingerprint density at radius 1 is 1.19 bits per heavy atom. The van der Waals surface area contributed by atoms with E-state index in [-0.39, 0.29) is 11.8 Å². The zero-order chi connectivity index (χ0) is 15.0. The summed E-state index contributed by atoms with van der Waals surface area (Å²) < 4.78 is 0. The largest absolute Gasteiger partial charge is 0.326 e. The van der Waals surface area contributed by atoms with Crippen LogP contribution in [0.1, 0.15) is 27.0 Å². The van der Waals surface area contributed by atoms with Crippen LogP contribution in [0.3, 0.4) is 0 Å². The van der Waals surface area contributed by atoms with Gasteiger partial charge >= 0.3 is 0 Å². The molecule has 0 radical (unpaired) electrons. The maximum absolute atomic E-state index is 12.3. The molecule has 0 saturated carbocycles. The van der Waals surface area contributed by atoms with Crippen molar-refractivity contribution in [2.45, 2.75) is 20.3 Å². The summed E-state index contributed by atoms with van der Waals surface area (Å²) in [6.07, 6.45) is 0.383. The SMILES string of the molecule is Cc1cccc(NC(=O)c2ccc3c(c2)NC(=O)C3)c1C. The molecule has 0 aliphatic carbocycles. The molecule has 4 nitrogen and oxygen atoms in total. The molecule has 1 heterocycles. The Labute approximate surface area is 123 Å². The number of benzene rings is 2. The second kappa shape index (κ2) is 5.05. The van der Waals surface area contributed by atoms with Crippen LogP contribution in [0.15, 0.2) is 36.4 Å². The third-order valence-corrected chi connectivity index (χ3v) is 3.85. The minimum absolute atomic E-state index is 0.0305. The van der Waals surface area contributed by atoms with Crippen LogP contribution in [0.25, 0.3) is 0 Å². The highest BCUT2D eigenvalue weighted by Gasteiger charge is 2.19. The number of fused-ring (bicyclic) bond motifs is 1. The van der Waals surface area contributed by atoms with E-state index in [0.717, 1.165) is 28.1 Å². The van der Waals surface area contributed by atoms with Gasteiger partial charge in [0.1, 0.15) is 0 Å². The molecule has 0 saturated heterocycles. The molecule has 0 spiro atoms. The van der Waals surface area contributed by atoms with E-state index in [2.05, 4.69) is 10.6 Å². The molecule has 3 rings (SSSR count). The van der Waals surface area contributed by atoms with Gasteiger partial charge in [0.05, 0.1) is 6.42 Å². The first-order valence-corrected chi connectivity index (χ1v) is 6.85. The van der Waals surface area contributed by atoms with Crippen molar-refractivity contribution in [3.05, 3.63) is 58.7 Å². The Balaban J connectivity index is 1.85.